The molecule has 0 fully saturated rings. The smallest absolute Gasteiger partial charge is 0.262 e. The maximum atomic E-state index is 12.3. The summed E-state index contributed by atoms with van der Waals surface area (Å²) in [5.41, 5.74) is 7.10. The number of nitrogen functional groups attached to an aromatic ring is 1. The van der Waals surface area contributed by atoms with Gasteiger partial charge in [0.2, 0.25) is 0 Å². The lowest BCUT2D eigenvalue weighted by molar-refractivity contribution is 0.600. The van der Waals surface area contributed by atoms with Crippen LogP contribution < -0.4 is 10.5 Å². The van der Waals surface area contributed by atoms with Crippen LogP contribution in [0.1, 0.15) is 5.56 Å². The highest BCUT2D eigenvalue weighted by atomic mass is 35.5. The molecule has 0 aliphatic rings. The molecule has 0 heterocycles. The van der Waals surface area contributed by atoms with E-state index in [4.69, 9.17) is 17.3 Å². The molecule has 2 aromatic rings. The molecule has 0 bridgehead atoms. The summed E-state index contributed by atoms with van der Waals surface area (Å²) in [6, 6.07) is 11.3. The van der Waals surface area contributed by atoms with Crippen molar-refractivity contribution < 1.29 is 8.42 Å². The maximum absolute atomic E-state index is 12.3. The predicted molar refractivity (Wildman–Crippen MR) is 77.9 cm³/mol. The summed E-state index contributed by atoms with van der Waals surface area (Å²) in [5.74, 6) is 0. The van der Waals surface area contributed by atoms with Crippen LogP contribution in [0.2, 0.25) is 5.02 Å². The molecule has 4 nitrogen and oxygen atoms in total. The van der Waals surface area contributed by atoms with E-state index in [-0.39, 0.29) is 4.90 Å². The van der Waals surface area contributed by atoms with Gasteiger partial charge in [0.1, 0.15) is 0 Å². The van der Waals surface area contributed by atoms with Crippen LogP contribution in [-0.2, 0) is 10.0 Å². The summed E-state index contributed by atoms with van der Waals surface area (Å²) in [6.45, 7) is 1.67. The molecule has 0 aliphatic carbocycles. The Kier molecular flexibility index (Phi) is 3.68. The summed E-state index contributed by atoms with van der Waals surface area (Å²) in [4.78, 5) is 0.160. The minimum Gasteiger partial charge on any atom is -0.398 e. The quantitative estimate of drug-likeness (QED) is 0.855. The molecule has 100 valence electrons. The fourth-order valence-corrected chi connectivity index (χ4v) is 3.20. The highest BCUT2D eigenvalue weighted by Crippen LogP contribution is 2.24. The number of halogens is 1. The van der Waals surface area contributed by atoms with Crippen LogP contribution >= 0.6 is 11.6 Å². The summed E-state index contributed by atoms with van der Waals surface area (Å²) >= 11 is 5.82. The van der Waals surface area contributed by atoms with Gasteiger partial charge < -0.3 is 5.73 Å². The molecule has 0 radical (unpaired) electrons. The summed E-state index contributed by atoms with van der Waals surface area (Å²) in [7, 11) is -3.67. The van der Waals surface area contributed by atoms with Crippen LogP contribution in [0, 0.1) is 6.92 Å². The first-order valence-electron chi connectivity index (χ1n) is 5.53. The Hall–Kier alpha value is -1.72. The van der Waals surface area contributed by atoms with Gasteiger partial charge in [-0.3, -0.25) is 4.72 Å². The monoisotopic (exact) mass is 296 g/mol. The van der Waals surface area contributed by atoms with E-state index in [0.717, 1.165) is 0 Å². The summed E-state index contributed by atoms with van der Waals surface area (Å²) < 4.78 is 27.0. The van der Waals surface area contributed by atoms with E-state index >= 15 is 0 Å². The number of benzene rings is 2. The third-order valence-electron chi connectivity index (χ3n) is 2.69. The Morgan fingerprint density at radius 2 is 1.84 bits per heavy atom. The number of rotatable bonds is 3. The fraction of sp³-hybridized carbons (Fsp3) is 0.0769. The van der Waals surface area contributed by atoms with Gasteiger partial charge in [-0.15, -0.1) is 0 Å². The van der Waals surface area contributed by atoms with Crippen molar-refractivity contribution in [3.8, 4) is 0 Å². The van der Waals surface area contributed by atoms with Gasteiger partial charge in [-0.25, -0.2) is 8.42 Å². The SMILES string of the molecule is Cc1c(N)cccc1S(=O)(=O)Nc1cccc(Cl)c1. The van der Waals surface area contributed by atoms with Crippen molar-refractivity contribution in [3.05, 3.63) is 53.1 Å². The minimum atomic E-state index is -3.67. The van der Waals surface area contributed by atoms with Crippen LogP contribution in [0.25, 0.3) is 0 Å². The molecule has 0 saturated carbocycles. The van der Waals surface area contributed by atoms with Gasteiger partial charge in [0.25, 0.3) is 10.0 Å². The zero-order valence-electron chi connectivity index (χ0n) is 10.2. The molecule has 0 amide bonds. The Labute approximate surface area is 117 Å². The third-order valence-corrected chi connectivity index (χ3v) is 4.45. The first-order chi connectivity index (χ1) is 8.90. The second-order valence-electron chi connectivity index (χ2n) is 4.09. The number of hydrogen-bond acceptors (Lipinski definition) is 3. The molecule has 2 rings (SSSR count). The highest BCUT2D eigenvalue weighted by molar-refractivity contribution is 7.92. The number of anilines is 2. The summed E-state index contributed by atoms with van der Waals surface area (Å²) in [6.07, 6.45) is 0. The van der Waals surface area contributed by atoms with E-state index in [2.05, 4.69) is 4.72 Å². The second kappa shape index (κ2) is 5.11. The molecule has 19 heavy (non-hydrogen) atoms. The first kappa shape index (κ1) is 13.7. The van der Waals surface area contributed by atoms with Gasteiger partial charge in [0, 0.05) is 10.7 Å². The molecule has 6 heteroatoms. The van der Waals surface area contributed by atoms with Crippen LogP contribution in [0.3, 0.4) is 0 Å². The molecule has 0 atom stereocenters. The van der Waals surface area contributed by atoms with Crippen molar-refractivity contribution in [2.75, 3.05) is 10.5 Å². The molecule has 3 N–H and O–H groups in total. The number of nitrogens with one attached hydrogen (secondary N) is 1. The number of nitrogens with two attached hydrogens (primary N) is 1. The predicted octanol–water partition coefficient (Wildman–Crippen LogP) is 3.03. The average Bonchev–Trinajstić information content (AvgIpc) is 2.32. The zero-order valence-corrected chi connectivity index (χ0v) is 11.8. The number of hydrogen-bond donors (Lipinski definition) is 2. The van der Waals surface area contributed by atoms with E-state index in [9.17, 15) is 8.42 Å². The molecule has 0 spiro atoms. The number of sulfonamides is 1. The fourth-order valence-electron chi connectivity index (χ4n) is 1.68. The van der Waals surface area contributed by atoms with Crippen molar-refractivity contribution in [1.82, 2.24) is 0 Å². The Balaban J connectivity index is 2.41. The van der Waals surface area contributed by atoms with Crippen molar-refractivity contribution in [2.45, 2.75) is 11.8 Å². The van der Waals surface area contributed by atoms with E-state index in [0.29, 0.717) is 22.0 Å². The Morgan fingerprint density at radius 3 is 2.53 bits per heavy atom. The maximum Gasteiger partial charge on any atom is 0.262 e. The van der Waals surface area contributed by atoms with Crippen molar-refractivity contribution in [2.24, 2.45) is 0 Å². The standard InChI is InChI=1S/C13H13ClN2O2S/c1-9-12(15)6-3-7-13(9)19(17,18)16-11-5-2-4-10(14)8-11/h2-8,16H,15H2,1H3. The van der Waals surface area contributed by atoms with Crippen LogP contribution in [0.15, 0.2) is 47.4 Å². The largest absolute Gasteiger partial charge is 0.398 e. The van der Waals surface area contributed by atoms with Crippen LogP contribution in [0.5, 0.6) is 0 Å². The lowest BCUT2D eigenvalue weighted by atomic mass is 10.2. The lowest BCUT2D eigenvalue weighted by Crippen LogP contribution is -2.14. The third kappa shape index (κ3) is 3.00. The molecule has 0 saturated heterocycles. The van der Waals surface area contributed by atoms with Gasteiger partial charge in [-0.05, 0) is 42.8 Å². The molecule has 0 aliphatic heterocycles. The van der Waals surface area contributed by atoms with Crippen LogP contribution in [0.4, 0.5) is 11.4 Å². The highest BCUT2D eigenvalue weighted by Gasteiger charge is 2.17. The first-order valence-corrected chi connectivity index (χ1v) is 7.40. The van der Waals surface area contributed by atoms with E-state index in [1.54, 1.807) is 43.3 Å². The topological polar surface area (TPSA) is 72.2 Å². The average molecular weight is 297 g/mol. The van der Waals surface area contributed by atoms with E-state index < -0.39 is 10.0 Å². The summed E-state index contributed by atoms with van der Waals surface area (Å²) in [5, 5.41) is 0.462. The van der Waals surface area contributed by atoms with E-state index in [1.165, 1.54) is 6.07 Å². The molecular formula is C13H13ClN2O2S. The van der Waals surface area contributed by atoms with Crippen molar-refractivity contribution in [1.29, 1.82) is 0 Å². The van der Waals surface area contributed by atoms with Gasteiger partial charge in [-0.1, -0.05) is 23.7 Å². The van der Waals surface area contributed by atoms with Gasteiger partial charge in [0.05, 0.1) is 10.6 Å². The van der Waals surface area contributed by atoms with Crippen LogP contribution in [-0.4, -0.2) is 8.42 Å². The molecule has 0 aromatic heterocycles. The molecular weight excluding hydrogens is 284 g/mol. The minimum absolute atomic E-state index is 0.160. The Bertz CT molecular complexity index is 714. The Morgan fingerprint density at radius 1 is 1.16 bits per heavy atom. The molecule has 0 unspecified atom stereocenters. The van der Waals surface area contributed by atoms with Crippen molar-refractivity contribution >= 4 is 33.0 Å². The normalized spacial score (nSPS) is 11.3. The lowest BCUT2D eigenvalue weighted by Gasteiger charge is -2.11. The van der Waals surface area contributed by atoms with E-state index in [1.807, 2.05) is 0 Å². The zero-order chi connectivity index (χ0) is 14.0. The van der Waals surface area contributed by atoms with Gasteiger partial charge >= 0.3 is 0 Å². The molecule has 2 aromatic carbocycles. The second-order valence-corrected chi connectivity index (χ2v) is 6.17. The van der Waals surface area contributed by atoms with Gasteiger partial charge in [-0.2, -0.15) is 0 Å². The van der Waals surface area contributed by atoms with Crippen molar-refractivity contribution in [3.63, 3.8) is 0 Å². The van der Waals surface area contributed by atoms with Gasteiger partial charge in [0.15, 0.2) is 0 Å².